The minimum atomic E-state index is 0.798. The van der Waals surface area contributed by atoms with Crippen LogP contribution >= 0.6 is 15.9 Å². The van der Waals surface area contributed by atoms with Crippen LogP contribution in [-0.2, 0) is 0 Å². The molecule has 0 aromatic heterocycles. The molecular weight excluding hydrogens is 250 g/mol. The third kappa shape index (κ3) is 4.44. The molecule has 0 radical (unpaired) electrons. The van der Waals surface area contributed by atoms with E-state index >= 15 is 0 Å². The molecule has 3 unspecified atom stereocenters. The Hall–Kier alpha value is 0.440. The van der Waals surface area contributed by atoms with Crippen LogP contribution in [0.1, 0.15) is 46.5 Å². The smallest absolute Gasteiger partial charge is 0.00718 e. The third-order valence-electron chi connectivity index (χ3n) is 3.68. The van der Waals surface area contributed by atoms with Crippen LogP contribution in [0.4, 0.5) is 0 Å². The Bertz CT molecular complexity index is 172. The summed E-state index contributed by atoms with van der Waals surface area (Å²) in [6, 6.07) is 0.798. The van der Waals surface area contributed by atoms with Crippen LogP contribution in [0.25, 0.3) is 0 Å². The Balaban J connectivity index is 2.35. The van der Waals surface area contributed by atoms with Gasteiger partial charge in [0.1, 0.15) is 0 Å². The minimum absolute atomic E-state index is 0.798. The Kier molecular flexibility index (Phi) is 6.21. The standard InChI is InChI=1S/C13H26BrN/c1-4-5-13(9-14)10-15-7-6-11(2)8-12(15)3/h11-13H,4-10H2,1-3H3. The van der Waals surface area contributed by atoms with E-state index < -0.39 is 0 Å². The van der Waals surface area contributed by atoms with Crippen molar-refractivity contribution in [3.63, 3.8) is 0 Å². The van der Waals surface area contributed by atoms with Gasteiger partial charge in [0.2, 0.25) is 0 Å². The van der Waals surface area contributed by atoms with Gasteiger partial charge >= 0.3 is 0 Å². The largest absolute Gasteiger partial charge is 0.300 e. The average molecular weight is 276 g/mol. The zero-order chi connectivity index (χ0) is 11.3. The number of rotatable bonds is 5. The molecule has 0 saturated carbocycles. The molecule has 0 N–H and O–H groups in total. The first-order valence-electron chi connectivity index (χ1n) is 6.47. The fraction of sp³-hybridized carbons (Fsp3) is 1.00. The number of nitrogens with zero attached hydrogens (tertiary/aromatic N) is 1. The van der Waals surface area contributed by atoms with Gasteiger partial charge in [-0.05, 0) is 44.6 Å². The van der Waals surface area contributed by atoms with Crippen molar-refractivity contribution in [2.24, 2.45) is 11.8 Å². The SMILES string of the molecule is CCCC(CBr)CN1CCC(C)CC1C. The van der Waals surface area contributed by atoms with Crippen LogP contribution < -0.4 is 0 Å². The molecule has 3 atom stereocenters. The van der Waals surface area contributed by atoms with Gasteiger partial charge in [-0.3, -0.25) is 0 Å². The Morgan fingerprint density at radius 1 is 1.40 bits per heavy atom. The van der Waals surface area contributed by atoms with Crippen molar-refractivity contribution in [3.8, 4) is 0 Å². The lowest BCUT2D eigenvalue weighted by atomic mass is 9.92. The number of piperidine rings is 1. The van der Waals surface area contributed by atoms with E-state index in [0.29, 0.717) is 0 Å². The molecule has 15 heavy (non-hydrogen) atoms. The molecule has 0 aromatic carbocycles. The fourth-order valence-corrected chi connectivity index (χ4v) is 3.21. The van der Waals surface area contributed by atoms with Gasteiger partial charge in [-0.15, -0.1) is 0 Å². The highest BCUT2D eigenvalue weighted by Crippen LogP contribution is 2.24. The molecule has 0 aromatic rings. The van der Waals surface area contributed by atoms with E-state index in [-0.39, 0.29) is 0 Å². The van der Waals surface area contributed by atoms with E-state index in [4.69, 9.17) is 0 Å². The van der Waals surface area contributed by atoms with Crippen molar-refractivity contribution in [1.82, 2.24) is 4.90 Å². The zero-order valence-corrected chi connectivity index (χ0v) is 12.1. The number of likely N-dealkylation sites (tertiary alicyclic amines) is 1. The summed E-state index contributed by atoms with van der Waals surface area (Å²) in [5.41, 5.74) is 0. The molecule has 0 bridgehead atoms. The van der Waals surface area contributed by atoms with E-state index in [9.17, 15) is 0 Å². The molecule has 1 aliphatic heterocycles. The van der Waals surface area contributed by atoms with Crippen LogP contribution in [0.15, 0.2) is 0 Å². The van der Waals surface area contributed by atoms with Gasteiger partial charge in [0.25, 0.3) is 0 Å². The lowest BCUT2D eigenvalue weighted by molar-refractivity contribution is 0.112. The second-order valence-corrected chi connectivity index (χ2v) is 5.93. The second kappa shape index (κ2) is 6.90. The first-order valence-corrected chi connectivity index (χ1v) is 7.59. The third-order valence-corrected chi connectivity index (χ3v) is 4.60. The van der Waals surface area contributed by atoms with Gasteiger partial charge in [-0.25, -0.2) is 0 Å². The number of alkyl halides is 1. The van der Waals surface area contributed by atoms with Crippen LogP contribution in [0.3, 0.4) is 0 Å². The molecule has 0 amide bonds. The molecule has 1 rings (SSSR count). The second-order valence-electron chi connectivity index (χ2n) is 5.28. The Morgan fingerprint density at radius 3 is 2.67 bits per heavy atom. The van der Waals surface area contributed by atoms with Crippen LogP contribution in [0.2, 0.25) is 0 Å². The molecule has 2 heteroatoms. The highest BCUT2D eigenvalue weighted by molar-refractivity contribution is 9.09. The lowest BCUT2D eigenvalue weighted by Gasteiger charge is -2.38. The van der Waals surface area contributed by atoms with E-state index in [1.807, 2.05) is 0 Å². The summed E-state index contributed by atoms with van der Waals surface area (Å²) in [5.74, 6) is 1.79. The number of hydrogen-bond donors (Lipinski definition) is 0. The first kappa shape index (κ1) is 13.5. The first-order chi connectivity index (χ1) is 7.17. The maximum Gasteiger partial charge on any atom is 0.00718 e. The molecule has 1 saturated heterocycles. The maximum absolute atomic E-state index is 3.65. The molecule has 0 aliphatic carbocycles. The fourth-order valence-electron chi connectivity index (χ4n) is 2.68. The van der Waals surface area contributed by atoms with Crippen LogP contribution in [0.5, 0.6) is 0 Å². The lowest BCUT2D eigenvalue weighted by Crippen LogP contribution is -2.43. The minimum Gasteiger partial charge on any atom is -0.300 e. The van der Waals surface area contributed by atoms with E-state index in [1.165, 1.54) is 44.1 Å². The summed E-state index contributed by atoms with van der Waals surface area (Å²) in [6.45, 7) is 9.69. The van der Waals surface area contributed by atoms with Crippen LogP contribution in [0, 0.1) is 11.8 Å². The predicted octanol–water partition coefficient (Wildman–Crippen LogP) is 3.92. The summed E-state index contributed by atoms with van der Waals surface area (Å²) in [5, 5.41) is 1.17. The van der Waals surface area contributed by atoms with E-state index in [0.717, 1.165) is 17.9 Å². The van der Waals surface area contributed by atoms with Gasteiger partial charge in [-0.1, -0.05) is 36.2 Å². The Labute approximate surface area is 104 Å². The molecule has 1 fully saturated rings. The zero-order valence-electron chi connectivity index (χ0n) is 10.5. The highest BCUT2D eigenvalue weighted by Gasteiger charge is 2.24. The Morgan fingerprint density at radius 2 is 2.13 bits per heavy atom. The summed E-state index contributed by atoms with van der Waals surface area (Å²) < 4.78 is 0. The molecule has 0 spiro atoms. The van der Waals surface area contributed by atoms with E-state index in [1.54, 1.807) is 0 Å². The predicted molar refractivity (Wildman–Crippen MR) is 71.6 cm³/mol. The van der Waals surface area contributed by atoms with Crippen molar-refractivity contribution < 1.29 is 0 Å². The van der Waals surface area contributed by atoms with Gasteiger partial charge in [0, 0.05) is 17.9 Å². The average Bonchev–Trinajstić information content (AvgIpc) is 2.21. The molecule has 90 valence electrons. The van der Waals surface area contributed by atoms with Crippen molar-refractivity contribution in [2.75, 3.05) is 18.4 Å². The van der Waals surface area contributed by atoms with Crippen molar-refractivity contribution >= 4 is 15.9 Å². The molecule has 1 nitrogen and oxygen atoms in total. The van der Waals surface area contributed by atoms with Gasteiger partial charge < -0.3 is 4.90 Å². The van der Waals surface area contributed by atoms with Gasteiger partial charge in [0.05, 0.1) is 0 Å². The number of halogens is 1. The topological polar surface area (TPSA) is 3.24 Å². The van der Waals surface area contributed by atoms with E-state index in [2.05, 4.69) is 41.6 Å². The highest BCUT2D eigenvalue weighted by atomic mass is 79.9. The summed E-state index contributed by atoms with van der Waals surface area (Å²) in [7, 11) is 0. The maximum atomic E-state index is 3.65. The molecule has 1 heterocycles. The van der Waals surface area contributed by atoms with Crippen molar-refractivity contribution in [2.45, 2.75) is 52.5 Å². The van der Waals surface area contributed by atoms with Crippen LogP contribution in [-0.4, -0.2) is 29.4 Å². The molecule has 1 aliphatic rings. The summed E-state index contributed by atoms with van der Waals surface area (Å²) in [4.78, 5) is 2.70. The summed E-state index contributed by atoms with van der Waals surface area (Å²) in [6.07, 6.45) is 5.46. The van der Waals surface area contributed by atoms with Crippen molar-refractivity contribution in [1.29, 1.82) is 0 Å². The molecular formula is C13H26BrN. The monoisotopic (exact) mass is 275 g/mol. The van der Waals surface area contributed by atoms with Gasteiger partial charge in [-0.2, -0.15) is 0 Å². The number of hydrogen-bond acceptors (Lipinski definition) is 1. The summed E-state index contributed by atoms with van der Waals surface area (Å²) >= 11 is 3.65. The quantitative estimate of drug-likeness (QED) is 0.688. The van der Waals surface area contributed by atoms with Gasteiger partial charge in [0.15, 0.2) is 0 Å². The normalized spacial score (nSPS) is 30.4. The van der Waals surface area contributed by atoms with Crippen molar-refractivity contribution in [3.05, 3.63) is 0 Å².